The average Bonchev–Trinajstić information content (AvgIpc) is 2.54. The molecule has 1 N–H and O–H groups in total. The molecule has 3 unspecified atom stereocenters. The Morgan fingerprint density at radius 3 is 2.71 bits per heavy atom. The number of ether oxygens (including phenoxy) is 3. The van der Waals surface area contributed by atoms with Crippen molar-refractivity contribution in [3.63, 3.8) is 0 Å². The third kappa shape index (κ3) is 3.95. The Kier molecular flexibility index (Phi) is 4.72. The Morgan fingerprint density at radius 2 is 1.90 bits per heavy atom. The quantitative estimate of drug-likeness (QED) is 0.914. The summed E-state index contributed by atoms with van der Waals surface area (Å²) >= 11 is 0. The molecule has 1 aromatic rings. The molecule has 114 valence electrons. The van der Waals surface area contributed by atoms with Crippen molar-refractivity contribution >= 4 is 5.91 Å². The van der Waals surface area contributed by atoms with Gasteiger partial charge in [0.05, 0.1) is 25.4 Å². The SMILES string of the molecule is O=C(COc1ccccc1)NC1CCC2OCCOC2C1. The molecule has 1 saturated heterocycles. The lowest BCUT2D eigenvalue weighted by molar-refractivity contribution is -0.158. The van der Waals surface area contributed by atoms with E-state index in [0.717, 1.165) is 19.3 Å². The molecule has 0 radical (unpaired) electrons. The summed E-state index contributed by atoms with van der Waals surface area (Å²) in [5, 5.41) is 3.02. The maximum atomic E-state index is 11.9. The Balaban J connectivity index is 1.42. The zero-order chi connectivity index (χ0) is 14.5. The molecule has 21 heavy (non-hydrogen) atoms. The fourth-order valence-electron chi connectivity index (χ4n) is 2.93. The summed E-state index contributed by atoms with van der Waals surface area (Å²) in [7, 11) is 0. The van der Waals surface area contributed by atoms with Crippen LogP contribution < -0.4 is 10.1 Å². The van der Waals surface area contributed by atoms with Crippen molar-refractivity contribution in [2.45, 2.75) is 37.5 Å². The predicted octanol–water partition coefficient (Wildman–Crippen LogP) is 1.52. The van der Waals surface area contributed by atoms with Crippen LogP contribution in [0.1, 0.15) is 19.3 Å². The molecule has 3 atom stereocenters. The Hall–Kier alpha value is -1.59. The van der Waals surface area contributed by atoms with E-state index in [2.05, 4.69) is 5.32 Å². The Labute approximate surface area is 124 Å². The number of carbonyl (C=O) groups is 1. The first-order valence-corrected chi connectivity index (χ1v) is 7.51. The first-order chi connectivity index (χ1) is 10.3. The Morgan fingerprint density at radius 1 is 1.14 bits per heavy atom. The molecule has 5 nitrogen and oxygen atoms in total. The molecule has 5 heteroatoms. The first kappa shape index (κ1) is 14.4. The number of fused-ring (bicyclic) bond motifs is 1. The zero-order valence-corrected chi connectivity index (χ0v) is 12.0. The molecule has 0 spiro atoms. The molecule has 0 bridgehead atoms. The summed E-state index contributed by atoms with van der Waals surface area (Å²) in [6, 6.07) is 9.51. The van der Waals surface area contributed by atoms with Gasteiger partial charge in [0.1, 0.15) is 5.75 Å². The van der Waals surface area contributed by atoms with Crippen molar-refractivity contribution in [3.05, 3.63) is 30.3 Å². The number of para-hydroxylation sites is 1. The largest absolute Gasteiger partial charge is 0.484 e. The van der Waals surface area contributed by atoms with Gasteiger partial charge in [-0.3, -0.25) is 4.79 Å². The van der Waals surface area contributed by atoms with Crippen LogP contribution >= 0.6 is 0 Å². The van der Waals surface area contributed by atoms with E-state index in [1.165, 1.54) is 0 Å². The third-order valence-electron chi connectivity index (χ3n) is 3.96. The molecule has 2 fully saturated rings. The van der Waals surface area contributed by atoms with Gasteiger partial charge in [-0.25, -0.2) is 0 Å². The van der Waals surface area contributed by atoms with E-state index in [0.29, 0.717) is 19.0 Å². The van der Waals surface area contributed by atoms with E-state index in [1.54, 1.807) is 0 Å². The number of nitrogens with one attached hydrogen (secondary N) is 1. The standard InChI is InChI=1S/C16H21NO4/c18-16(11-21-13-4-2-1-3-5-13)17-12-6-7-14-15(10-12)20-9-8-19-14/h1-5,12,14-15H,6-11H2,(H,17,18). The molecule has 1 heterocycles. The van der Waals surface area contributed by atoms with E-state index in [4.69, 9.17) is 14.2 Å². The molecule has 2 aliphatic rings. The van der Waals surface area contributed by atoms with Crippen LogP contribution in [0.2, 0.25) is 0 Å². The van der Waals surface area contributed by atoms with Gasteiger partial charge in [-0.2, -0.15) is 0 Å². The molecule has 1 aliphatic carbocycles. The maximum absolute atomic E-state index is 11.9. The minimum Gasteiger partial charge on any atom is -0.484 e. The minimum absolute atomic E-state index is 0.0476. The van der Waals surface area contributed by atoms with E-state index in [-0.39, 0.29) is 30.8 Å². The summed E-state index contributed by atoms with van der Waals surface area (Å²) in [4.78, 5) is 11.9. The molecule has 0 aromatic heterocycles. The van der Waals surface area contributed by atoms with Crippen molar-refractivity contribution in [2.75, 3.05) is 19.8 Å². The second-order valence-corrected chi connectivity index (χ2v) is 5.50. The lowest BCUT2D eigenvalue weighted by Gasteiger charge is -2.39. The van der Waals surface area contributed by atoms with Gasteiger partial charge in [-0.15, -0.1) is 0 Å². The lowest BCUT2D eigenvalue weighted by Crippen LogP contribution is -2.49. The number of benzene rings is 1. The van der Waals surface area contributed by atoms with Crippen molar-refractivity contribution in [3.8, 4) is 5.75 Å². The molecule has 1 amide bonds. The van der Waals surface area contributed by atoms with Gasteiger partial charge in [-0.05, 0) is 31.4 Å². The molecule has 1 saturated carbocycles. The van der Waals surface area contributed by atoms with Crippen LogP contribution in [0.4, 0.5) is 0 Å². The smallest absolute Gasteiger partial charge is 0.258 e. The van der Waals surface area contributed by atoms with Crippen LogP contribution in [0.5, 0.6) is 5.75 Å². The second kappa shape index (κ2) is 6.91. The fourth-order valence-corrected chi connectivity index (χ4v) is 2.93. The first-order valence-electron chi connectivity index (χ1n) is 7.51. The van der Waals surface area contributed by atoms with Crippen molar-refractivity contribution in [2.24, 2.45) is 0 Å². The number of amides is 1. The van der Waals surface area contributed by atoms with Crippen molar-refractivity contribution in [1.29, 1.82) is 0 Å². The molecular formula is C16H21NO4. The second-order valence-electron chi connectivity index (χ2n) is 5.50. The number of rotatable bonds is 4. The molecule has 1 aromatic carbocycles. The average molecular weight is 291 g/mol. The van der Waals surface area contributed by atoms with Crippen LogP contribution in [0.25, 0.3) is 0 Å². The minimum atomic E-state index is -0.0842. The van der Waals surface area contributed by atoms with Crippen LogP contribution in [-0.2, 0) is 14.3 Å². The molecule has 3 rings (SSSR count). The van der Waals surface area contributed by atoms with E-state index < -0.39 is 0 Å². The Bertz CT molecular complexity index is 465. The van der Waals surface area contributed by atoms with Crippen LogP contribution in [0, 0.1) is 0 Å². The molecule has 1 aliphatic heterocycles. The van der Waals surface area contributed by atoms with Crippen LogP contribution in [-0.4, -0.2) is 44.0 Å². The van der Waals surface area contributed by atoms with E-state index in [9.17, 15) is 4.79 Å². The highest BCUT2D eigenvalue weighted by atomic mass is 16.6. The summed E-state index contributed by atoms with van der Waals surface area (Å²) in [5.41, 5.74) is 0. The summed E-state index contributed by atoms with van der Waals surface area (Å²) < 4.78 is 16.8. The van der Waals surface area contributed by atoms with Gasteiger partial charge >= 0.3 is 0 Å². The van der Waals surface area contributed by atoms with Gasteiger partial charge in [0.15, 0.2) is 6.61 Å². The molecular weight excluding hydrogens is 270 g/mol. The lowest BCUT2D eigenvalue weighted by atomic mass is 9.89. The van der Waals surface area contributed by atoms with Gasteiger partial charge < -0.3 is 19.5 Å². The topological polar surface area (TPSA) is 56.8 Å². The number of hydrogen-bond acceptors (Lipinski definition) is 4. The van der Waals surface area contributed by atoms with Gasteiger partial charge in [-0.1, -0.05) is 18.2 Å². The summed E-state index contributed by atoms with van der Waals surface area (Å²) in [5.74, 6) is 0.624. The third-order valence-corrected chi connectivity index (χ3v) is 3.96. The van der Waals surface area contributed by atoms with E-state index in [1.807, 2.05) is 30.3 Å². The predicted molar refractivity (Wildman–Crippen MR) is 77.2 cm³/mol. The highest BCUT2D eigenvalue weighted by Gasteiger charge is 2.34. The highest BCUT2D eigenvalue weighted by Crippen LogP contribution is 2.26. The number of hydrogen-bond donors (Lipinski definition) is 1. The summed E-state index contributed by atoms with van der Waals surface area (Å²) in [6.45, 7) is 1.38. The van der Waals surface area contributed by atoms with Crippen LogP contribution in [0.15, 0.2) is 30.3 Å². The fraction of sp³-hybridized carbons (Fsp3) is 0.562. The van der Waals surface area contributed by atoms with Gasteiger partial charge in [0.2, 0.25) is 0 Å². The maximum Gasteiger partial charge on any atom is 0.258 e. The van der Waals surface area contributed by atoms with E-state index >= 15 is 0 Å². The van der Waals surface area contributed by atoms with Gasteiger partial charge in [0.25, 0.3) is 5.91 Å². The zero-order valence-electron chi connectivity index (χ0n) is 12.0. The van der Waals surface area contributed by atoms with Crippen molar-refractivity contribution in [1.82, 2.24) is 5.32 Å². The normalized spacial score (nSPS) is 28.5. The highest BCUT2D eigenvalue weighted by molar-refractivity contribution is 5.77. The van der Waals surface area contributed by atoms with Gasteiger partial charge in [0, 0.05) is 6.04 Å². The summed E-state index contributed by atoms with van der Waals surface area (Å²) in [6.07, 6.45) is 3.01. The number of carbonyl (C=O) groups excluding carboxylic acids is 1. The van der Waals surface area contributed by atoms with Crippen LogP contribution in [0.3, 0.4) is 0 Å². The van der Waals surface area contributed by atoms with Crippen molar-refractivity contribution < 1.29 is 19.0 Å². The monoisotopic (exact) mass is 291 g/mol.